The van der Waals surface area contributed by atoms with Crippen LogP contribution in [0.4, 0.5) is 11.8 Å². The van der Waals surface area contributed by atoms with Crippen molar-refractivity contribution in [2.75, 3.05) is 77.5 Å². The van der Waals surface area contributed by atoms with Crippen LogP contribution in [0.15, 0.2) is 52.0 Å². The number of likely N-dealkylation sites (N-methyl/N-ethyl adjacent to an activating group) is 1. The number of hydrogen-bond acceptors (Lipinski definition) is 12. The lowest BCUT2D eigenvalue weighted by Gasteiger charge is -2.35. The molecule has 49 heavy (non-hydrogen) atoms. The van der Waals surface area contributed by atoms with Gasteiger partial charge >= 0.3 is 0 Å². The van der Waals surface area contributed by atoms with Crippen molar-refractivity contribution in [1.82, 2.24) is 34.6 Å². The van der Waals surface area contributed by atoms with E-state index in [1.54, 1.807) is 38.4 Å². The van der Waals surface area contributed by atoms with Crippen molar-refractivity contribution >= 4 is 45.2 Å². The Hall–Kier alpha value is -4.21. The fraction of sp³-hybridized carbons (Fsp3) is 0.529. The van der Waals surface area contributed by atoms with Crippen LogP contribution in [-0.2, 0) is 10.8 Å². The van der Waals surface area contributed by atoms with Gasteiger partial charge in [-0.25, -0.2) is 24.9 Å². The van der Waals surface area contributed by atoms with Crippen LogP contribution in [0.25, 0.3) is 10.9 Å². The van der Waals surface area contributed by atoms with E-state index in [2.05, 4.69) is 46.7 Å². The molecule has 0 saturated carbocycles. The van der Waals surface area contributed by atoms with E-state index in [-0.39, 0.29) is 11.7 Å². The Morgan fingerprint density at radius 2 is 1.63 bits per heavy atom. The first kappa shape index (κ1) is 36.1. The molecular formula is C34H49N11O3S. The molecule has 0 spiro atoms. The average Bonchev–Trinajstić information content (AvgIpc) is 3.09. The summed E-state index contributed by atoms with van der Waals surface area (Å²) in [6.07, 6.45) is 5.48. The van der Waals surface area contributed by atoms with Gasteiger partial charge in [-0.15, -0.1) is 0 Å². The molecule has 4 N–H and O–H groups in total. The zero-order valence-electron chi connectivity index (χ0n) is 29.5. The van der Waals surface area contributed by atoms with Crippen LogP contribution < -0.4 is 21.1 Å². The molecule has 5 rings (SSSR count). The van der Waals surface area contributed by atoms with E-state index in [0.29, 0.717) is 69.8 Å². The van der Waals surface area contributed by atoms with Gasteiger partial charge in [0.05, 0.1) is 33.4 Å². The second-order valence-corrected chi connectivity index (χ2v) is 15.8. The van der Waals surface area contributed by atoms with Gasteiger partial charge in [0.25, 0.3) is 5.91 Å². The number of amidine groups is 1. The number of carbonyl (C=O) groups is 1. The molecule has 4 heterocycles. The summed E-state index contributed by atoms with van der Waals surface area (Å²) >= 11 is 0. The van der Waals surface area contributed by atoms with Crippen molar-refractivity contribution in [2.45, 2.75) is 50.7 Å². The minimum atomic E-state index is -1.39. The van der Waals surface area contributed by atoms with E-state index < -0.39 is 15.5 Å². The minimum absolute atomic E-state index is 0.0370. The lowest BCUT2D eigenvalue weighted by molar-refractivity contribution is 0.0629. The van der Waals surface area contributed by atoms with Crippen molar-refractivity contribution in [3.05, 3.63) is 47.7 Å². The number of allylic oxidation sites excluding steroid dienone is 1. The van der Waals surface area contributed by atoms with Crippen molar-refractivity contribution in [2.24, 2.45) is 16.5 Å². The van der Waals surface area contributed by atoms with Crippen molar-refractivity contribution in [3.8, 4) is 5.75 Å². The van der Waals surface area contributed by atoms with Crippen LogP contribution in [0.2, 0.25) is 0 Å². The Morgan fingerprint density at radius 1 is 0.959 bits per heavy atom. The van der Waals surface area contributed by atoms with E-state index in [0.717, 1.165) is 52.2 Å². The summed E-state index contributed by atoms with van der Waals surface area (Å²) in [4.78, 5) is 44.6. The standard InChI is InChI=1S/C34H49N11O3S/c1-23(24(2)35)30(36)41-31-26-18-29(49(47)34(3,4)5)28(19-27(26)39-22-40-31)48-17-7-8-43-11-15-44(16-12-43)32(46)25-20-37-33(38-21-25)45-13-9-42(6)10-14-45/h18-22H,7-17,35H2,1-6H3,(H2,36,39,40,41). The minimum Gasteiger partial charge on any atom is -0.492 e. The maximum Gasteiger partial charge on any atom is 0.257 e. The number of fused-ring (bicyclic) bond motifs is 1. The topological polar surface area (TPSA) is 172 Å². The number of carbonyl (C=O) groups excluding carboxylic acids is 1. The van der Waals surface area contributed by atoms with Crippen LogP contribution >= 0.6 is 0 Å². The maximum absolute atomic E-state index is 13.7. The highest BCUT2D eigenvalue weighted by Crippen LogP contribution is 2.35. The number of nitrogens with two attached hydrogens (primary N) is 2. The molecule has 1 aromatic carbocycles. The molecule has 0 radical (unpaired) electrons. The first-order valence-corrected chi connectivity index (χ1v) is 17.8. The lowest BCUT2D eigenvalue weighted by atomic mass is 10.2. The SMILES string of the molecule is CC(N)=C(C)C(N)=Nc1ncnc2cc(OCCCN3CCN(C(=O)c4cnc(N5CCN(C)CC5)nc4)CC3)c(S(=O)C(C)(C)C)cc12. The first-order valence-electron chi connectivity index (χ1n) is 16.7. The summed E-state index contributed by atoms with van der Waals surface area (Å²) < 4.78 is 19.4. The molecule has 264 valence electrons. The number of nitrogens with zero attached hydrogens (tertiary/aromatic N) is 9. The summed E-state index contributed by atoms with van der Waals surface area (Å²) in [5.41, 5.74) is 14.5. The molecule has 0 bridgehead atoms. The molecule has 2 aliphatic rings. The molecule has 14 nitrogen and oxygen atoms in total. The van der Waals surface area contributed by atoms with E-state index in [1.165, 1.54) is 6.33 Å². The van der Waals surface area contributed by atoms with Crippen LogP contribution in [0.3, 0.4) is 0 Å². The van der Waals surface area contributed by atoms with Gasteiger partial charge in [0.2, 0.25) is 5.95 Å². The largest absolute Gasteiger partial charge is 0.492 e. The van der Waals surface area contributed by atoms with Gasteiger partial charge in [-0.05, 0) is 54.2 Å². The van der Waals surface area contributed by atoms with Gasteiger partial charge in [0.1, 0.15) is 17.9 Å². The number of ether oxygens (including phenoxy) is 1. The maximum atomic E-state index is 13.7. The lowest BCUT2D eigenvalue weighted by Crippen LogP contribution is -2.49. The molecule has 2 aromatic heterocycles. The van der Waals surface area contributed by atoms with Gasteiger partial charge in [-0.2, -0.15) is 0 Å². The number of hydrogen-bond donors (Lipinski definition) is 2. The van der Waals surface area contributed by atoms with Crippen LogP contribution in [-0.4, -0.2) is 128 Å². The van der Waals surface area contributed by atoms with Gasteiger partial charge in [-0.1, -0.05) is 0 Å². The molecule has 2 aliphatic heterocycles. The second kappa shape index (κ2) is 15.6. The number of amides is 1. The molecule has 1 amide bonds. The smallest absolute Gasteiger partial charge is 0.257 e. The highest BCUT2D eigenvalue weighted by atomic mass is 32.2. The summed E-state index contributed by atoms with van der Waals surface area (Å²) in [5.74, 6) is 1.79. The van der Waals surface area contributed by atoms with Crippen LogP contribution in [0.1, 0.15) is 51.4 Å². The number of piperazine rings is 2. The molecular weight excluding hydrogens is 643 g/mol. The molecule has 15 heteroatoms. The quantitative estimate of drug-likeness (QED) is 0.181. The third-order valence-corrected chi connectivity index (χ3v) is 10.7. The normalized spacial score (nSPS) is 18.0. The summed E-state index contributed by atoms with van der Waals surface area (Å²) in [5, 5.41) is 0.623. The van der Waals surface area contributed by atoms with E-state index in [4.69, 9.17) is 16.2 Å². The summed E-state index contributed by atoms with van der Waals surface area (Å²) in [6.45, 7) is 17.1. The number of aliphatic imine (C=N–C) groups is 1. The van der Waals surface area contributed by atoms with Gasteiger partial charge in [0.15, 0.2) is 5.82 Å². The number of anilines is 1. The average molecular weight is 692 g/mol. The van der Waals surface area contributed by atoms with E-state index in [9.17, 15) is 9.00 Å². The Kier molecular flexibility index (Phi) is 11.5. The third kappa shape index (κ3) is 8.88. The Labute approximate surface area is 291 Å². The molecule has 2 saturated heterocycles. The number of rotatable bonds is 10. The molecule has 0 aliphatic carbocycles. The van der Waals surface area contributed by atoms with Gasteiger partial charge in [-0.3, -0.25) is 13.9 Å². The summed E-state index contributed by atoms with van der Waals surface area (Å²) in [6, 6.07) is 3.60. The fourth-order valence-electron chi connectivity index (χ4n) is 5.56. The van der Waals surface area contributed by atoms with Crippen LogP contribution in [0.5, 0.6) is 5.75 Å². The van der Waals surface area contributed by atoms with Crippen molar-refractivity contribution in [1.29, 1.82) is 0 Å². The number of aromatic nitrogens is 4. The third-order valence-electron chi connectivity index (χ3n) is 8.84. The van der Waals surface area contributed by atoms with Gasteiger partial charge < -0.3 is 30.9 Å². The molecule has 1 unspecified atom stereocenters. The Morgan fingerprint density at radius 3 is 2.27 bits per heavy atom. The first-order chi connectivity index (χ1) is 23.3. The van der Waals surface area contributed by atoms with Crippen molar-refractivity contribution < 1.29 is 13.7 Å². The van der Waals surface area contributed by atoms with E-state index in [1.807, 2.05) is 25.7 Å². The Balaban J connectivity index is 1.18. The highest BCUT2D eigenvalue weighted by Gasteiger charge is 2.27. The monoisotopic (exact) mass is 691 g/mol. The predicted octanol–water partition coefficient (Wildman–Crippen LogP) is 2.55. The van der Waals surface area contributed by atoms with Crippen molar-refractivity contribution in [3.63, 3.8) is 0 Å². The molecule has 2 fully saturated rings. The zero-order valence-corrected chi connectivity index (χ0v) is 30.3. The van der Waals surface area contributed by atoms with E-state index >= 15 is 0 Å². The predicted molar refractivity (Wildman–Crippen MR) is 194 cm³/mol. The summed E-state index contributed by atoms with van der Waals surface area (Å²) in [7, 11) is 0.715. The fourth-order valence-corrected chi connectivity index (χ4v) is 6.74. The van der Waals surface area contributed by atoms with Crippen LogP contribution in [0, 0.1) is 0 Å². The highest BCUT2D eigenvalue weighted by molar-refractivity contribution is 7.86. The second-order valence-electron chi connectivity index (χ2n) is 13.6. The molecule has 3 aromatic rings. The molecule has 1 atom stereocenters. The zero-order chi connectivity index (χ0) is 35.3. The number of benzene rings is 1. The Bertz CT molecular complexity index is 1720. The van der Waals surface area contributed by atoms with Gasteiger partial charge in [0, 0.05) is 98.8 Å².